The molecule has 0 saturated carbocycles. The van der Waals surface area contributed by atoms with Crippen molar-refractivity contribution in [2.45, 2.75) is 6.36 Å². The lowest BCUT2D eigenvalue weighted by molar-refractivity contribution is -0.274. The van der Waals surface area contributed by atoms with Gasteiger partial charge in [-0.3, -0.25) is 0 Å². The maximum Gasteiger partial charge on any atom is 0.573 e. The minimum absolute atomic E-state index is 0.143. The lowest BCUT2D eigenvalue weighted by Gasteiger charge is -2.14. The fourth-order valence-electron chi connectivity index (χ4n) is 1.77. The number of nitrogens with one attached hydrogen (secondary N) is 2. The molecule has 2 amide bonds. The highest BCUT2D eigenvalue weighted by molar-refractivity contribution is 6.37. The molecular formula is C14H6Cl2F6N2O2. The Kier molecular flexibility index (Phi) is 5.77. The predicted molar refractivity (Wildman–Crippen MR) is 82.1 cm³/mol. The monoisotopic (exact) mass is 418 g/mol. The van der Waals surface area contributed by atoms with Gasteiger partial charge in [0.2, 0.25) is 0 Å². The molecule has 2 aromatic carbocycles. The number of amides is 2. The van der Waals surface area contributed by atoms with Crippen molar-refractivity contribution in [3.05, 3.63) is 51.8 Å². The first-order valence-corrected chi connectivity index (χ1v) is 7.19. The van der Waals surface area contributed by atoms with E-state index in [9.17, 15) is 31.1 Å². The van der Waals surface area contributed by atoms with Gasteiger partial charge in [0.25, 0.3) is 0 Å². The Bertz CT molecular complexity index is 814. The fraction of sp³-hybridized carbons (Fsp3) is 0.0714. The summed E-state index contributed by atoms with van der Waals surface area (Å²) >= 11 is 11.2. The van der Waals surface area contributed by atoms with E-state index in [-0.39, 0.29) is 5.69 Å². The van der Waals surface area contributed by atoms with E-state index in [0.717, 1.165) is 12.1 Å². The van der Waals surface area contributed by atoms with Gasteiger partial charge in [0.05, 0.1) is 10.0 Å². The van der Waals surface area contributed by atoms with Gasteiger partial charge in [0, 0.05) is 23.5 Å². The SMILES string of the molecule is O=C(Nc1cc(F)c(F)c(F)c1)Nc1cc(Cl)c(OC(F)(F)F)c(Cl)c1. The topological polar surface area (TPSA) is 50.4 Å². The molecule has 26 heavy (non-hydrogen) atoms. The van der Waals surface area contributed by atoms with Crippen LogP contribution in [0.2, 0.25) is 10.0 Å². The van der Waals surface area contributed by atoms with Crippen LogP contribution in [0.4, 0.5) is 42.5 Å². The molecule has 0 spiro atoms. The van der Waals surface area contributed by atoms with E-state index < -0.39 is 51.3 Å². The number of hydrogen-bond acceptors (Lipinski definition) is 2. The van der Waals surface area contributed by atoms with Crippen LogP contribution in [0, 0.1) is 17.5 Å². The lowest BCUT2D eigenvalue weighted by Crippen LogP contribution is -2.20. The smallest absolute Gasteiger partial charge is 0.403 e. The van der Waals surface area contributed by atoms with E-state index in [0.29, 0.717) is 12.1 Å². The van der Waals surface area contributed by atoms with Crippen LogP contribution in [0.1, 0.15) is 0 Å². The molecule has 0 bridgehead atoms. The van der Waals surface area contributed by atoms with Crippen molar-refractivity contribution < 1.29 is 35.9 Å². The van der Waals surface area contributed by atoms with Gasteiger partial charge in [-0.05, 0) is 12.1 Å². The highest BCUT2D eigenvalue weighted by Gasteiger charge is 2.33. The normalized spacial score (nSPS) is 11.2. The molecule has 4 nitrogen and oxygen atoms in total. The highest BCUT2D eigenvalue weighted by Crippen LogP contribution is 2.39. The summed E-state index contributed by atoms with van der Waals surface area (Å²) in [5.74, 6) is -5.63. The quantitative estimate of drug-likeness (QED) is 0.477. The van der Waals surface area contributed by atoms with Gasteiger partial charge in [-0.1, -0.05) is 23.2 Å². The molecule has 0 aliphatic rings. The number of urea groups is 1. The number of alkyl halides is 3. The first kappa shape index (κ1) is 20.0. The van der Waals surface area contributed by atoms with Gasteiger partial charge in [-0.25, -0.2) is 18.0 Å². The predicted octanol–water partition coefficient (Wildman–Crippen LogP) is 5.95. The summed E-state index contributed by atoms with van der Waals surface area (Å²) in [5.41, 5.74) is -0.553. The molecule has 2 rings (SSSR count). The molecule has 2 N–H and O–H groups in total. The van der Waals surface area contributed by atoms with Crippen LogP contribution in [0.5, 0.6) is 5.75 Å². The minimum atomic E-state index is -5.03. The second-order valence-electron chi connectivity index (χ2n) is 4.65. The van der Waals surface area contributed by atoms with E-state index >= 15 is 0 Å². The van der Waals surface area contributed by atoms with Crippen LogP contribution in [-0.2, 0) is 0 Å². The van der Waals surface area contributed by atoms with Crippen LogP contribution in [0.15, 0.2) is 24.3 Å². The lowest BCUT2D eigenvalue weighted by atomic mass is 10.3. The summed E-state index contributed by atoms with van der Waals surface area (Å²) in [7, 11) is 0. The number of carbonyl (C=O) groups is 1. The number of hydrogen-bond donors (Lipinski definition) is 2. The largest absolute Gasteiger partial charge is 0.573 e. The molecule has 0 saturated heterocycles. The first-order chi connectivity index (χ1) is 12.0. The van der Waals surface area contributed by atoms with Crippen molar-refractivity contribution in [2.24, 2.45) is 0 Å². The maximum atomic E-state index is 13.1. The minimum Gasteiger partial charge on any atom is -0.403 e. The number of rotatable bonds is 3. The molecule has 0 atom stereocenters. The summed E-state index contributed by atoms with van der Waals surface area (Å²) in [6, 6.07) is 1.81. The van der Waals surface area contributed by atoms with Gasteiger partial charge in [0.15, 0.2) is 23.2 Å². The van der Waals surface area contributed by atoms with Gasteiger partial charge < -0.3 is 15.4 Å². The van der Waals surface area contributed by atoms with Crippen molar-refractivity contribution in [1.29, 1.82) is 0 Å². The molecule has 0 aliphatic carbocycles. The third-order valence-electron chi connectivity index (χ3n) is 2.72. The van der Waals surface area contributed by atoms with E-state index in [1.165, 1.54) is 0 Å². The molecule has 0 unspecified atom stereocenters. The third kappa shape index (κ3) is 5.09. The molecule has 2 aromatic rings. The van der Waals surface area contributed by atoms with Gasteiger partial charge in [-0.15, -0.1) is 13.2 Å². The summed E-state index contributed by atoms with van der Waals surface area (Å²) < 4.78 is 79.4. The summed E-state index contributed by atoms with van der Waals surface area (Å²) in [6.07, 6.45) is -5.03. The summed E-state index contributed by atoms with van der Waals surface area (Å²) in [4.78, 5) is 11.8. The Morgan fingerprint density at radius 3 is 1.73 bits per heavy atom. The highest BCUT2D eigenvalue weighted by atomic mass is 35.5. The van der Waals surface area contributed by atoms with Crippen LogP contribution in [0.3, 0.4) is 0 Å². The maximum absolute atomic E-state index is 13.1. The third-order valence-corrected chi connectivity index (χ3v) is 3.28. The molecule has 0 heterocycles. The molecule has 0 aliphatic heterocycles. The average molecular weight is 419 g/mol. The molecule has 0 radical (unpaired) electrons. The van der Waals surface area contributed by atoms with Crippen molar-refractivity contribution >= 4 is 40.6 Å². The van der Waals surface area contributed by atoms with Crippen LogP contribution < -0.4 is 15.4 Å². The van der Waals surface area contributed by atoms with Crippen LogP contribution in [-0.4, -0.2) is 12.4 Å². The number of benzene rings is 2. The zero-order valence-electron chi connectivity index (χ0n) is 12.1. The number of halogens is 8. The first-order valence-electron chi connectivity index (χ1n) is 6.43. The number of carbonyl (C=O) groups excluding carboxylic acids is 1. The molecular weight excluding hydrogens is 413 g/mol. The van der Waals surface area contributed by atoms with Crippen molar-refractivity contribution in [3.8, 4) is 5.75 Å². The Morgan fingerprint density at radius 1 is 0.885 bits per heavy atom. The summed E-state index contributed by atoms with van der Waals surface area (Å²) in [5, 5.41) is 3.01. The summed E-state index contributed by atoms with van der Waals surface area (Å²) in [6.45, 7) is 0. The number of ether oxygens (including phenoxy) is 1. The average Bonchev–Trinajstić information content (AvgIpc) is 2.47. The second-order valence-corrected chi connectivity index (χ2v) is 5.46. The fourth-order valence-corrected chi connectivity index (χ4v) is 2.33. The van der Waals surface area contributed by atoms with Crippen LogP contribution >= 0.6 is 23.2 Å². The van der Waals surface area contributed by atoms with Gasteiger partial charge >= 0.3 is 12.4 Å². The molecule has 12 heteroatoms. The van der Waals surface area contributed by atoms with Gasteiger partial charge in [0.1, 0.15) is 0 Å². The van der Waals surface area contributed by atoms with E-state index in [4.69, 9.17) is 23.2 Å². The van der Waals surface area contributed by atoms with Gasteiger partial charge in [-0.2, -0.15) is 0 Å². The Labute approximate surface area is 151 Å². The molecule has 0 fully saturated rings. The van der Waals surface area contributed by atoms with Crippen molar-refractivity contribution in [3.63, 3.8) is 0 Å². The Hall–Kier alpha value is -2.33. The Morgan fingerprint density at radius 2 is 1.31 bits per heavy atom. The van der Waals surface area contributed by atoms with Crippen LogP contribution in [0.25, 0.3) is 0 Å². The van der Waals surface area contributed by atoms with E-state index in [2.05, 4.69) is 10.1 Å². The van der Waals surface area contributed by atoms with Crippen molar-refractivity contribution in [1.82, 2.24) is 0 Å². The second kappa shape index (κ2) is 7.50. The van der Waals surface area contributed by atoms with E-state index in [1.807, 2.05) is 5.32 Å². The zero-order valence-corrected chi connectivity index (χ0v) is 13.7. The zero-order chi connectivity index (χ0) is 19.6. The molecule has 140 valence electrons. The molecule has 0 aromatic heterocycles. The standard InChI is InChI=1S/C14H6Cl2F6N2O2/c15-7-1-5(2-8(16)12(7)26-14(20,21)22)23-13(25)24-6-3-9(17)11(19)10(18)4-6/h1-4H,(H2,23,24,25). The Balaban J connectivity index is 2.14. The number of anilines is 2. The van der Waals surface area contributed by atoms with E-state index in [1.54, 1.807) is 0 Å². The van der Waals surface area contributed by atoms with Crippen molar-refractivity contribution in [2.75, 3.05) is 10.6 Å².